The van der Waals surface area contributed by atoms with Crippen molar-refractivity contribution in [3.05, 3.63) is 23.8 Å². The number of hydrogen-bond donors (Lipinski definition) is 0. The van der Waals surface area contributed by atoms with Crippen LogP contribution in [0.2, 0.25) is 0 Å². The number of rotatable bonds is 1. The van der Waals surface area contributed by atoms with Crippen LogP contribution in [-0.2, 0) is 5.41 Å². The third-order valence-corrected chi connectivity index (χ3v) is 4.21. The molecule has 1 aromatic carbocycles. The molecule has 0 unspecified atom stereocenters. The zero-order valence-electron chi connectivity index (χ0n) is 10.5. The highest BCUT2D eigenvalue weighted by Crippen LogP contribution is 2.48. The van der Waals surface area contributed by atoms with Crippen LogP contribution in [0, 0.1) is 0 Å². The van der Waals surface area contributed by atoms with Gasteiger partial charge in [-0.05, 0) is 39.0 Å². The Morgan fingerprint density at radius 2 is 2.06 bits per heavy atom. The minimum Gasteiger partial charge on any atom is -0.493 e. The fourth-order valence-electron chi connectivity index (χ4n) is 2.99. The number of fused-ring (bicyclic) bond motifs is 2. The van der Waals surface area contributed by atoms with Crippen molar-refractivity contribution in [1.82, 2.24) is 4.90 Å². The van der Waals surface area contributed by atoms with E-state index in [9.17, 15) is 0 Å². The van der Waals surface area contributed by atoms with Crippen LogP contribution >= 0.6 is 0 Å². The summed E-state index contributed by atoms with van der Waals surface area (Å²) in [5.74, 6) is 1.85. The van der Waals surface area contributed by atoms with E-state index in [0.29, 0.717) is 0 Å². The Labute approximate surface area is 102 Å². The molecule has 3 heteroatoms. The molecule has 92 valence electrons. The molecule has 1 fully saturated rings. The molecular weight excluding hydrogens is 214 g/mol. The summed E-state index contributed by atoms with van der Waals surface area (Å²) in [4.78, 5) is 2.39. The summed E-state index contributed by atoms with van der Waals surface area (Å²) in [6.45, 7) is 3.12. The first-order valence-corrected chi connectivity index (χ1v) is 6.24. The summed E-state index contributed by atoms with van der Waals surface area (Å²) >= 11 is 0. The number of nitrogens with zero attached hydrogens (tertiary/aromatic N) is 1. The molecule has 0 bridgehead atoms. The Hall–Kier alpha value is -1.22. The summed E-state index contributed by atoms with van der Waals surface area (Å²) < 4.78 is 11.3. The monoisotopic (exact) mass is 233 g/mol. The van der Waals surface area contributed by atoms with Crippen LogP contribution < -0.4 is 9.47 Å². The number of benzene rings is 1. The van der Waals surface area contributed by atoms with Crippen molar-refractivity contribution in [3.8, 4) is 11.5 Å². The maximum Gasteiger partial charge on any atom is 0.165 e. The highest BCUT2D eigenvalue weighted by molar-refractivity contribution is 5.53. The summed E-state index contributed by atoms with van der Waals surface area (Å²) in [5, 5.41) is 0. The predicted molar refractivity (Wildman–Crippen MR) is 66.9 cm³/mol. The average molecular weight is 233 g/mol. The van der Waals surface area contributed by atoms with E-state index in [0.717, 1.165) is 31.2 Å². The van der Waals surface area contributed by atoms with E-state index in [-0.39, 0.29) is 5.41 Å². The lowest BCUT2D eigenvalue weighted by Crippen LogP contribution is -2.41. The van der Waals surface area contributed by atoms with E-state index in [1.54, 1.807) is 7.11 Å². The minimum absolute atomic E-state index is 0.233. The van der Waals surface area contributed by atoms with E-state index in [2.05, 4.69) is 24.1 Å². The van der Waals surface area contributed by atoms with Gasteiger partial charge < -0.3 is 14.4 Å². The van der Waals surface area contributed by atoms with Crippen molar-refractivity contribution in [1.29, 1.82) is 0 Å². The number of para-hydroxylation sites is 1. The molecule has 1 spiro atoms. The molecule has 2 aliphatic rings. The summed E-state index contributed by atoms with van der Waals surface area (Å²) in [6, 6.07) is 6.26. The van der Waals surface area contributed by atoms with Gasteiger partial charge in [-0.25, -0.2) is 0 Å². The Morgan fingerprint density at radius 3 is 2.76 bits per heavy atom. The van der Waals surface area contributed by atoms with Crippen LogP contribution in [-0.4, -0.2) is 38.8 Å². The van der Waals surface area contributed by atoms with E-state index >= 15 is 0 Å². The second-order valence-electron chi connectivity index (χ2n) is 5.21. The second kappa shape index (κ2) is 3.91. The predicted octanol–water partition coefficient (Wildman–Crippen LogP) is 2.05. The van der Waals surface area contributed by atoms with E-state index in [1.807, 2.05) is 6.07 Å². The van der Waals surface area contributed by atoms with Crippen LogP contribution in [0.4, 0.5) is 0 Å². The van der Waals surface area contributed by atoms with Crippen molar-refractivity contribution >= 4 is 0 Å². The van der Waals surface area contributed by atoms with Gasteiger partial charge in [-0.2, -0.15) is 0 Å². The van der Waals surface area contributed by atoms with Crippen LogP contribution in [0.3, 0.4) is 0 Å². The van der Waals surface area contributed by atoms with Gasteiger partial charge in [0.25, 0.3) is 0 Å². The standard InChI is InChI=1S/C14H19NO2/c1-15-8-6-14(7-9-15)10-17-13-11(14)4-3-5-12(13)16-2/h3-5H,6-10H2,1-2H3. The third kappa shape index (κ3) is 1.61. The average Bonchev–Trinajstić information content (AvgIpc) is 2.73. The number of piperidine rings is 1. The summed E-state index contributed by atoms with van der Waals surface area (Å²) in [7, 11) is 3.90. The highest BCUT2D eigenvalue weighted by atomic mass is 16.5. The molecule has 0 radical (unpaired) electrons. The van der Waals surface area contributed by atoms with Crippen LogP contribution in [0.5, 0.6) is 11.5 Å². The molecular formula is C14H19NO2. The molecule has 0 aliphatic carbocycles. The highest BCUT2D eigenvalue weighted by Gasteiger charge is 2.43. The van der Waals surface area contributed by atoms with E-state index < -0.39 is 0 Å². The number of methoxy groups -OCH3 is 1. The molecule has 2 aliphatic heterocycles. The van der Waals surface area contributed by atoms with Gasteiger partial charge in [-0.15, -0.1) is 0 Å². The van der Waals surface area contributed by atoms with Crippen molar-refractivity contribution in [2.45, 2.75) is 18.3 Å². The number of ether oxygens (including phenoxy) is 2. The molecule has 0 aromatic heterocycles. The molecule has 1 aromatic rings. The molecule has 0 saturated carbocycles. The van der Waals surface area contributed by atoms with Crippen molar-refractivity contribution < 1.29 is 9.47 Å². The van der Waals surface area contributed by atoms with Gasteiger partial charge >= 0.3 is 0 Å². The third-order valence-electron chi connectivity index (χ3n) is 4.21. The number of likely N-dealkylation sites (tertiary alicyclic amines) is 1. The first-order chi connectivity index (χ1) is 8.25. The van der Waals surface area contributed by atoms with E-state index in [4.69, 9.17) is 9.47 Å². The van der Waals surface area contributed by atoms with Gasteiger partial charge in [-0.3, -0.25) is 0 Å². The van der Waals surface area contributed by atoms with Gasteiger partial charge in [0.15, 0.2) is 11.5 Å². The zero-order valence-corrected chi connectivity index (χ0v) is 10.5. The summed E-state index contributed by atoms with van der Waals surface area (Å²) in [6.07, 6.45) is 2.37. The van der Waals surface area contributed by atoms with Crippen LogP contribution in [0.15, 0.2) is 18.2 Å². The normalized spacial score (nSPS) is 22.2. The molecule has 17 heavy (non-hydrogen) atoms. The van der Waals surface area contributed by atoms with Crippen LogP contribution in [0.25, 0.3) is 0 Å². The van der Waals surface area contributed by atoms with Gasteiger partial charge in [-0.1, -0.05) is 12.1 Å². The molecule has 0 amide bonds. The van der Waals surface area contributed by atoms with Crippen molar-refractivity contribution in [2.75, 3.05) is 33.9 Å². The Morgan fingerprint density at radius 1 is 1.29 bits per heavy atom. The Balaban J connectivity index is 1.98. The fraction of sp³-hybridized carbons (Fsp3) is 0.571. The van der Waals surface area contributed by atoms with Gasteiger partial charge in [0.2, 0.25) is 0 Å². The Kier molecular flexibility index (Phi) is 2.51. The topological polar surface area (TPSA) is 21.7 Å². The first kappa shape index (κ1) is 10.9. The number of hydrogen-bond acceptors (Lipinski definition) is 3. The van der Waals surface area contributed by atoms with Gasteiger partial charge in [0.1, 0.15) is 0 Å². The second-order valence-corrected chi connectivity index (χ2v) is 5.21. The quantitative estimate of drug-likeness (QED) is 0.741. The molecule has 1 saturated heterocycles. The molecule has 0 atom stereocenters. The largest absolute Gasteiger partial charge is 0.493 e. The Bertz CT molecular complexity index is 422. The lowest BCUT2D eigenvalue weighted by atomic mass is 9.74. The maximum atomic E-state index is 5.91. The fourth-order valence-corrected chi connectivity index (χ4v) is 2.99. The molecule has 2 heterocycles. The molecule has 0 N–H and O–H groups in total. The maximum absolute atomic E-state index is 5.91. The molecule has 3 nitrogen and oxygen atoms in total. The first-order valence-electron chi connectivity index (χ1n) is 6.24. The van der Waals surface area contributed by atoms with Crippen LogP contribution in [0.1, 0.15) is 18.4 Å². The van der Waals surface area contributed by atoms with E-state index in [1.165, 1.54) is 18.4 Å². The smallest absolute Gasteiger partial charge is 0.165 e. The van der Waals surface area contributed by atoms with Gasteiger partial charge in [0, 0.05) is 11.0 Å². The SMILES string of the molecule is COc1cccc2c1OCC21CCN(C)CC1. The molecule has 3 rings (SSSR count). The lowest BCUT2D eigenvalue weighted by molar-refractivity contribution is 0.154. The minimum atomic E-state index is 0.233. The van der Waals surface area contributed by atoms with Crippen molar-refractivity contribution in [3.63, 3.8) is 0 Å². The zero-order chi connectivity index (χ0) is 11.9. The van der Waals surface area contributed by atoms with Gasteiger partial charge in [0.05, 0.1) is 13.7 Å². The lowest BCUT2D eigenvalue weighted by Gasteiger charge is -2.36. The van der Waals surface area contributed by atoms with Crippen molar-refractivity contribution in [2.24, 2.45) is 0 Å². The summed E-state index contributed by atoms with van der Waals surface area (Å²) in [5.41, 5.74) is 1.58.